The van der Waals surface area contributed by atoms with E-state index in [1.165, 1.54) is 26.4 Å². The Bertz CT molecular complexity index is 1420. The molecular weight excluding hydrogens is 488 g/mol. The smallest absolute Gasteiger partial charge is 0.274 e. The molecule has 1 aliphatic heterocycles. The number of benzene rings is 3. The fourth-order valence-corrected chi connectivity index (χ4v) is 5.18. The fraction of sp³-hybridized carbons (Fsp3) is 0.233. The van der Waals surface area contributed by atoms with Crippen LogP contribution >= 0.6 is 0 Å². The van der Waals surface area contributed by atoms with Gasteiger partial charge >= 0.3 is 0 Å². The third-order valence-corrected chi connectivity index (χ3v) is 7.03. The van der Waals surface area contributed by atoms with E-state index in [1.54, 1.807) is 50.6 Å². The second-order valence-electron chi connectivity index (χ2n) is 9.04. The van der Waals surface area contributed by atoms with Crippen molar-refractivity contribution in [3.05, 3.63) is 94.8 Å². The van der Waals surface area contributed by atoms with Crippen molar-refractivity contribution in [2.75, 3.05) is 28.4 Å². The molecule has 0 spiro atoms. The van der Waals surface area contributed by atoms with Gasteiger partial charge in [0.15, 0.2) is 23.0 Å². The molecule has 0 radical (unpaired) electrons. The number of fused-ring (bicyclic) bond motifs is 2. The van der Waals surface area contributed by atoms with Crippen LogP contribution in [-0.2, 0) is 9.53 Å². The molecule has 1 aliphatic carbocycles. The maximum atomic E-state index is 13.5. The molecule has 2 N–H and O–H groups in total. The molecule has 0 unspecified atom stereocenters. The van der Waals surface area contributed by atoms with E-state index in [9.17, 15) is 15.0 Å². The Kier molecular flexibility index (Phi) is 6.50. The Morgan fingerprint density at radius 2 is 1.50 bits per heavy atom. The first-order chi connectivity index (χ1) is 18.3. The van der Waals surface area contributed by atoms with E-state index in [-0.39, 0.29) is 23.0 Å². The molecule has 0 saturated heterocycles. The number of hydrogen-bond donors (Lipinski definition) is 2. The van der Waals surface area contributed by atoms with Crippen LogP contribution < -0.4 is 18.9 Å². The van der Waals surface area contributed by atoms with Crippen LogP contribution in [0.4, 0.5) is 0 Å². The number of carbonyl (C=O) groups excluding carboxylic acids is 1. The van der Waals surface area contributed by atoms with Gasteiger partial charge in [0, 0.05) is 29.2 Å². The number of aliphatic hydroxyl groups is 1. The van der Waals surface area contributed by atoms with Crippen molar-refractivity contribution in [3.63, 3.8) is 0 Å². The number of ketones is 1. The summed E-state index contributed by atoms with van der Waals surface area (Å²) in [6.07, 6.45) is 2.98. The Balaban J connectivity index is 1.78. The zero-order valence-corrected chi connectivity index (χ0v) is 21.4. The van der Waals surface area contributed by atoms with Crippen LogP contribution in [0.2, 0.25) is 0 Å². The zero-order valence-electron chi connectivity index (χ0n) is 21.4. The Hall–Kier alpha value is -4.43. The van der Waals surface area contributed by atoms with Gasteiger partial charge in [-0.1, -0.05) is 24.3 Å². The van der Waals surface area contributed by atoms with Crippen LogP contribution in [0, 0.1) is 5.92 Å². The lowest BCUT2D eigenvalue weighted by atomic mass is 9.66. The van der Waals surface area contributed by atoms with E-state index in [2.05, 4.69) is 0 Å². The summed E-state index contributed by atoms with van der Waals surface area (Å²) < 4.78 is 27.6. The molecule has 3 atom stereocenters. The molecule has 2 aliphatic rings. The minimum absolute atomic E-state index is 0.0180. The Morgan fingerprint density at radius 1 is 0.868 bits per heavy atom. The van der Waals surface area contributed by atoms with E-state index in [0.717, 1.165) is 11.1 Å². The molecule has 196 valence electrons. The molecule has 1 heterocycles. The van der Waals surface area contributed by atoms with E-state index in [0.29, 0.717) is 28.4 Å². The molecule has 8 heteroatoms. The van der Waals surface area contributed by atoms with Crippen molar-refractivity contribution in [2.24, 2.45) is 5.92 Å². The number of phenols is 1. The molecule has 3 aromatic rings. The lowest BCUT2D eigenvalue weighted by molar-refractivity contribution is -0.180. The van der Waals surface area contributed by atoms with E-state index in [4.69, 9.17) is 23.7 Å². The topological polar surface area (TPSA) is 104 Å². The highest BCUT2D eigenvalue weighted by molar-refractivity contribution is 6.09. The monoisotopic (exact) mass is 516 g/mol. The minimum Gasteiger partial charge on any atom is -0.504 e. The van der Waals surface area contributed by atoms with Crippen LogP contribution in [0.5, 0.6) is 28.7 Å². The summed E-state index contributed by atoms with van der Waals surface area (Å²) in [4.78, 5) is 13.5. The highest BCUT2D eigenvalue weighted by Crippen LogP contribution is 2.56. The number of ether oxygens (including phenoxy) is 5. The molecule has 0 fully saturated rings. The number of carbonyl (C=O) groups is 1. The Labute approximate surface area is 220 Å². The van der Waals surface area contributed by atoms with Gasteiger partial charge < -0.3 is 33.9 Å². The third kappa shape index (κ3) is 4.13. The van der Waals surface area contributed by atoms with Crippen molar-refractivity contribution in [1.82, 2.24) is 0 Å². The molecule has 5 rings (SSSR count). The van der Waals surface area contributed by atoms with Crippen molar-refractivity contribution in [3.8, 4) is 28.7 Å². The van der Waals surface area contributed by atoms with Crippen molar-refractivity contribution in [2.45, 2.75) is 11.7 Å². The molecule has 0 amide bonds. The van der Waals surface area contributed by atoms with Crippen molar-refractivity contribution in [1.29, 1.82) is 0 Å². The first-order valence-corrected chi connectivity index (χ1v) is 11.9. The second-order valence-corrected chi connectivity index (χ2v) is 9.04. The van der Waals surface area contributed by atoms with E-state index in [1.807, 2.05) is 24.3 Å². The van der Waals surface area contributed by atoms with Gasteiger partial charge in [-0.3, -0.25) is 4.79 Å². The maximum absolute atomic E-state index is 13.5. The maximum Gasteiger partial charge on any atom is 0.274 e. The highest BCUT2D eigenvalue weighted by Gasteiger charge is 2.58. The standard InChI is InChI=1S/C30H28O8/c1-34-19-9-5-17(6-10-19)13-21-23(31)15-27(37-4)30(33)29(21)28(18-7-11-20(35-2)12-8-18)22-14-24(32)26(36-3)16-25(22)38-30/h5-16,28-29,32-33H,1-4H3/b21-13+/t28-,29+,30+/m1/s1. The Morgan fingerprint density at radius 3 is 2.08 bits per heavy atom. The number of methoxy groups -OCH3 is 4. The van der Waals surface area contributed by atoms with Gasteiger partial charge in [-0.05, 0) is 47.5 Å². The second kappa shape index (κ2) is 9.79. The van der Waals surface area contributed by atoms with Crippen LogP contribution in [0.3, 0.4) is 0 Å². The number of phenolic OH excluding ortho intramolecular Hbond substituents is 1. The summed E-state index contributed by atoms with van der Waals surface area (Å²) in [5, 5.41) is 22.8. The normalized spacial score (nSPS) is 23.0. The molecule has 0 aromatic heterocycles. The molecule has 3 aromatic carbocycles. The summed E-state index contributed by atoms with van der Waals surface area (Å²) >= 11 is 0. The summed E-state index contributed by atoms with van der Waals surface area (Å²) in [6.45, 7) is 0. The number of aromatic hydroxyl groups is 1. The minimum atomic E-state index is -2.03. The van der Waals surface area contributed by atoms with E-state index < -0.39 is 17.6 Å². The van der Waals surface area contributed by atoms with Crippen molar-refractivity contribution >= 4 is 11.9 Å². The third-order valence-electron chi connectivity index (χ3n) is 7.03. The first kappa shape index (κ1) is 25.2. The molecular formula is C30H28O8. The van der Waals surface area contributed by atoms with Gasteiger partial charge in [0.25, 0.3) is 5.79 Å². The highest BCUT2D eigenvalue weighted by atomic mass is 16.7. The van der Waals surface area contributed by atoms with Crippen LogP contribution in [0.25, 0.3) is 6.08 Å². The quantitative estimate of drug-likeness (QED) is 0.464. The van der Waals surface area contributed by atoms with Gasteiger partial charge in [-0.25, -0.2) is 0 Å². The predicted octanol–water partition coefficient (Wildman–Crippen LogP) is 4.44. The summed E-state index contributed by atoms with van der Waals surface area (Å²) in [7, 11) is 5.96. The fourth-order valence-electron chi connectivity index (χ4n) is 5.18. The van der Waals surface area contributed by atoms with Gasteiger partial charge in [0.05, 0.1) is 34.4 Å². The van der Waals surface area contributed by atoms with Crippen LogP contribution in [0.1, 0.15) is 22.6 Å². The van der Waals surface area contributed by atoms with E-state index >= 15 is 0 Å². The van der Waals surface area contributed by atoms with Gasteiger partial charge in [0.2, 0.25) is 0 Å². The average molecular weight is 517 g/mol. The average Bonchev–Trinajstić information content (AvgIpc) is 2.94. The lowest BCUT2D eigenvalue weighted by Gasteiger charge is -2.48. The summed E-state index contributed by atoms with van der Waals surface area (Å²) in [6, 6.07) is 17.6. The number of allylic oxidation sites excluding steroid dienone is 1. The van der Waals surface area contributed by atoms with Crippen LogP contribution in [-0.4, -0.2) is 50.2 Å². The number of hydrogen-bond acceptors (Lipinski definition) is 8. The summed E-state index contributed by atoms with van der Waals surface area (Å²) in [5.74, 6) is -2.19. The molecule has 0 bridgehead atoms. The van der Waals surface area contributed by atoms with Crippen LogP contribution in [0.15, 0.2) is 78.1 Å². The summed E-state index contributed by atoms with van der Waals surface area (Å²) in [5.41, 5.74) is 2.41. The van der Waals surface area contributed by atoms with Gasteiger partial charge in [0.1, 0.15) is 17.2 Å². The predicted molar refractivity (Wildman–Crippen MR) is 140 cm³/mol. The van der Waals surface area contributed by atoms with Gasteiger partial charge in [-0.15, -0.1) is 0 Å². The van der Waals surface area contributed by atoms with Gasteiger partial charge in [-0.2, -0.15) is 0 Å². The largest absolute Gasteiger partial charge is 0.504 e. The SMILES string of the molecule is COC1=CC(=O)/C(=C\c2ccc(OC)cc2)[C@H]2[C@H](c3ccc(OC)cc3)c3cc(O)c(OC)cc3O[C@@]12O. The molecule has 8 nitrogen and oxygen atoms in total. The molecule has 38 heavy (non-hydrogen) atoms. The molecule has 0 saturated carbocycles. The zero-order chi connectivity index (χ0) is 27.0. The van der Waals surface area contributed by atoms with Crippen molar-refractivity contribution < 1.29 is 38.7 Å². The lowest BCUT2D eigenvalue weighted by Crippen LogP contribution is -2.55. The number of rotatable bonds is 6. The first-order valence-electron chi connectivity index (χ1n) is 11.9.